The Hall–Kier alpha value is -0.280. The minimum absolute atomic E-state index is 0.289. The van der Waals surface area contributed by atoms with E-state index < -0.39 is 0 Å². The molecule has 2 unspecified atom stereocenters. The molecule has 0 saturated carbocycles. The lowest BCUT2D eigenvalue weighted by atomic mass is 9.90. The van der Waals surface area contributed by atoms with Gasteiger partial charge in [0.1, 0.15) is 0 Å². The molecule has 1 saturated heterocycles. The molecular formula is C16H24Cl2N2. The maximum absolute atomic E-state index is 6.26. The minimum atomic E-state index is 0.289. The number of rotatable bonds is 5. The zero-order valence-corrected chi connectivity index (χ0v) is 13.6. The Balaban J connectivity index is 1.97. The van der Waals surface area contributed by atoms with Crippen molar-refractivity contribution >= 4 is 23.2 Å². The molecule has 20 heavy (non-hydrogen) atoms. The molecule has 0 aromatic heterocycles. The van der Waals surface area contributed by atoms with Crippen LogP contribution in [0.1, 0.15) is 38.2 Å². The van der Waals surface area contributed by atoms with E-state index in [1.54, 1.807) is 0 Å². The normalized spacial score (nSPS) is 24.0. The summed E-state index contributed by atoms with van der Waals surface area (Å²) < 4.78 is 0. The Morgan fingerprint density at radius 1 is 1.30 bits per heavy atom. The zero-order chi connectivity index (χ0) is 14.5. The van der Waals surface area contributed by atoms with Gasteiger partial charge in [0.15, 0.2) is 0 Å². The average molecular weight is 315 g/mol. The van der Waals surface area contributed by atoms with Gasteiger partial charge in [-0.1, -0.05) is 49.0 Å². The summed E-state index contributed by atoms with van der Waals surface area (Å²) in [4.78, 5) is 2.43. The number of halogens is 2. The molecule has 1 fully saturated rings. The molecule has 1 heterocycles. The summed E-state index contributed by atoms with van der Waals surface area (Å²) in [5.74, 6) is 0.727. The number of nitrogens with zero attached hydrogens (tertiary/aromatic N) is 1. The van der Waals surface area contributed by atoms with E-state index in [0.717, 1.165) is 42.6 Å². The third kappa shape index (κ3) is 4.63. The fourth-order valence-corrected chi connectivity index (χ4v) is 3.54. The van der Waals surface area contributed by atoms with E-state index in [0.29, 0.717) is 5.02 Å². The third-order valence-corrected chi connectivity index (χ3v) is 4.61. The van der Waals surface area contributed by atoms with Crippen LogP contribution in [0.2, 0.25) is 10.0 Å². The molecule has 0 spiro atoms. The molecule has 1 aliphatic heterocycles. The maximum Gasteiger partial charge on any atom is 0.0465 e. The topological polar surface area (TPSA) is 29.3 Å². The summed E-state index contributed by atoms with van der Waals surface area (Å²) >= 11 is 12.2. The van der Waals surface area contributed by atoms with E-state index in [9.17, 15) is 0 Å². The van der Waals surface area contributed by atoms with Crippen LogP contribution in [0.15, 0.2) is 18.2 Å². The lowest BCUT2D eigenvalue weighted by Crippen LogP contribution is -2.46. The molecule has 4 heteroatoms. The first-order valence-electron chi connectivity index (χ1n) is 7.50. The van der Waals surface area contributed by atoms with Crippen molar-refractivity contribution < 1.29 is 0 Å². The number of unbranched alkanes of at least 4 members (excludes halogenated alkanes) is 1. The molecular weight excluding hydrogens is 291 g/mol. The van der Waals surface area contributed by atoms with Gasteiger partial charge in [0.05, 0.1) is 0 Å². The van der Waals surface area contributed by atoms with E-state index in [-0.39, 0.29) is 6.04 Å². The highest BCUT2D eigenvalue weighted by molar-refractivity contribution is 6.35. The van der Waals surface area contributed by atoms with Gasteiger partial charge in [-0.2, -0.15) is 0 Å². The van der Waals surface area contributed by atoms with Gasteiger partial charge in [-0.25, -0.2) is 0 Å². The second-order valence-corrected chi connectivity index (χ2v) is 6.78. The van der Waals surface area contributed by atoms with Crippen molar-refractivity contribution in [3.05, 3.63) is 33.8 Å². The molecule has 1 aromatic carbocycles. The molecule has 2 N–H and O–H groups in total. The number of nitrogens with two attached hydrogens (primary N) is 1. The Morgan fingerprint density at radius 2 is 2.10 bits per heavy atom. The summed E-state index contributed by atoms with van der Waals surface area (Å²) in [6.45, 7) is 5.20. The van der Waals surface area contributed by atoms with Crippen LogP contribution in [0.4, 0.5) is 0 Å². The summed E-state index contributed by atoms with van der Waals surface area (Å²) in [6, 6.07) is 6.03. The van der Waals surface area contributed by atoms with Crippen molar-refractivity contribution in [3.8, 4) is 0 Å². The summed E-state index contributed by atoms with van der Waals surface area (Å²) in [7, 11) is 0. The van der Waals surface area contributed by atoms with Gasteiger partial charge >= 0.3 is 0 Å². The monoisotopic (exact) mass is 314 g/mol. The number of piperidine rings is 1. The lowest BCUT2D eigenvalue weighted by molar-refractivity contribution is 0.143. The second-order valence-electron chi connectivity index (χ2n) is 5.93. The van der Waals surface area contributed by atoms with Crippen molar-refractivity contribution in [2.24, 2.45) is 11.7 Å². The second kappa shape index (κ2) is 7.65. The van der Waals surface area contributed by atoms with Gasteiger partial charge in [-0.15, -0.1) is 0 Å². The minimum Gasteiger partial charge on any atom is -0.327 e. The molecule has 0 aliphatic carbocycles. The van der Waals surface area contributed by atoms with Gasteiger partial charge < -0.3 is 5.73 Å². The average Bonchev–Trinajstić information content (AvgIpc) is 2.39. The molecule has 2 rings (SSSR count). The van der Waals surface area contributed by atoms with Crippen LogP contribution in [0, 0.1) is 5.92 Å². The quantitative estimate of drug-likeness (QED) is 0.876. The number of likely N-dealkylation sites (tertiary alicyclic amines) is 1. The van der Waals surface area contributed by atoms with Crippen LogP contribution < -0.4 is 5.73 Å². The number of benzene rings is 1. The first-order chi connectivity index (χ1) is 9.58. The first-order valence-corrected chi connectivity index (χ1v) is 8.26. The Morgan fingerprint density at radius 3 is 2.80 bits per heavy atom. The van der Waals surface area contributed by atoms with Crippen molar-refractivity contribution in [2.75, 3.05) is 13.1 Å². The summed E-state index contributed by atoms with van der Waals surface area (Å²) in [5, 5.41) is 1.44. The number of hydrogen-bond acceptors (Lipinski definition) is 2. The van der Waals surface area contributed by atoms with Gasteiger partial charge in [-0.05, 0) is 36.5 Å². The highest BCUT2D eigenvalue weighted by Crippen LogP contribution is 2.26. The van der Waals surface area contributed by atoms with Crippen molar-refractivity contribution in [1.82, 2.24) is 4.90 Å². The Bertz CT molecular complexity index is 436. The highest BCUT2D eigenvalue weighted by Gasteiger charge is 2.25. The third-order valence-electron chi connectivity index (χ3n) is 4.02. The number of hydrogen-bond donors (Lipinski definition) is 1. The summed E-state index contributed by atoms with van der Waals surface area (Å²) in [6.07, 6.45) is 5.00. The molecule has 112 valence electrons. The molecule has 0 bridgehead atoms. The molecule has 1 aromatic rings. The van der Waals surface area contributed by atoms with E-state index in [2.05, 4.69) is 11.8 Å². The first kappa shape index (κ1) is 16.1. The predicted molar refractivity (Wildman–Crippen MR) is 87.3 cm³/mol. The van der Waals surface area contributed by atoms with Gasteiger partial charge in [-0.3, -0.25) is 4.90 Å². The van der Waals surface area contributed by atoms with Crippen LogP contribution in [0.3, 0.4) is 0 Å². The van der Waals surface area contributed by atoms with E-state index in [1.165, 1.54) is 19.3 Å². The van der Waals surface area contributed by atoms with Crippen LogP contribution in [-0.4, -0.2) is 24.0 Å². The van der Waals surface area contributed by atoms with Gasteiger partial charge in [0, 0.05) is 35.7 Å². The van der Waals surface area contributed by atoms with Crippen LogP contribution in [0.25, 0.3) is 0 Å². The van der Waals surface area contributed by atoms with E-state index in [4.69, 9.17) is 28.9 Å². The predicted octanol–water partition coefficient (Wildman–Crippen LogP) is 4.33. The standard InChI is InChI=1S/C16H24Cl2N2/c1-2-3-4-12-7-15(19)11-20(9-12)10-13-5-6-14(17)8-16(13)18/h5-6,8,12,15H,2-4,7,9-11,19H2,1H3. The van der Waals surface area contributed by atoms with Crippen LogP contribution >= 0.6 is 23.2 Å². The molecule has 1 aliphatic rings. The maximum atomic E-state index is 6.26. The molecule has 0 radical (unpaired) electrons. The van der Waals surface area contributed by atoms with E-state index in [1.807, 2.05) is 18.2 Å². The SMILES string of the molecule is CCCCC1CC(N)CN(Cc2ccc(Cl)cc2Cl)C1. The lowest BCUT2D eigenvalue weighted by Gasteiger charge is -2.36. The Kier molecular flexibility index (Phi) is 6.16. The van der Waals surface area contributed by atoms with Gasteiger partial charge in [0.2, 0.25) is 0 Å². The largest absolute Gasteiger partial charge is 0.327 e. The fraction of sp³-hybridized carbons (Fsp3) is 0.625. The van der Waals surface area contributed by atoms with Crippen molar-refractivity contribution in [1.29, 1.82) is 0 Å². The van der Waals surface area contributed by atoms with Gasteiger partial charge in [0.25, 0.3) is 0 Å². The molecule has 2 nitrogen and oxygen atoms in total. The fourth-order valence-electron chi connectivity index (χ4n) is 3.07. The highest BCUT2D eigenvalue weighted by atomic mass is 35.5. The van der Waals surface area contributed by atoms with Crippen LogP contribution in [-0.2, 0) is 6.54 Å². The zero-order valence-electron chi connectivity index (χ0n) is 12.1. The van der Waals surface area contributed by atoms with Crippen LogP contribution in [0.5, 0.6) is 0 Å². The smallest absolute Gasteiger partial charge is 0.0465 e. The van der Waals surface area contributed by atoms with Crippen molar-refractivity contribution in [3.63, 3.8) is 0 Å². The summed E-state index contributed by atoms with van der Waals surface area (Å²) in [5.41, 5.74) is 7.35. The molecule has 2 atom stereocenters. The molecule has 0 amide bonds. The van der Waals surface area contributed by atoms with E-state index >= 15 is 0 Å². The van der Waals surface area contributed by atoms with Crippen molar-refractivity contribution in [2.45, 2.75) is 45.2 Å². The Labute approximate surface area is 132 Å².